The molecular weight excluding hydrogens is 428 g/mol. The van der Waals surface area contributed by atoms with Crippen LogP contribution in [0.1, 0.15) is 104 Å². The molecule has 2 aromatic carbocycles. The van der Waals surface area contributed by atoms with Gasteiger partial charge in [-0.05, 0) is 70.2 Å². The molecule has 0 aliphatic heterocycles. The molecule has 0 unspecified atom stereocenters. The first-order chi connectivity index (χ1) is 15.1. The van der Waals surface area contributed by atoms with Crippen molar-refractivity contribution >= 4 is 23.9 Å². The largest absolute Gasteiger partial charge is 0.478 e. The lowest BCUT2D eigenvalue weighted by molar-refractivity contribution is 0.0651. The lowest BCUT2D eigenvalue weighted by Gasteiger charge is -2.30. The van der Waals surface area contributed by atoms with Gasteiger partial charge < -0.3 is 20.4 Å². The summed E-state index contributed by atoms with van der Waals surface area (Å²) in [7, 11) is 0. The lowest BCUT2D eigenvalue weighted by Crippen LogP contribution is -2.27. The SMILES string of the molecule is CC1(C)CC2(CC(C)(C)c3cc(C(=O)O)c(C(=O)O)cc32)c2cc(C(=O)O)c(C(=O)O)cc21. The van der Waals surface area contributed by atoms with Gasteiger partial charge in [-0.25, -0.2) is 19.2 Å². The van der Waals surface area contributed by atoms with E-state index in [2.05, 4.69) is 0 Å². The summed E-state index contributed by atoms with van der Waals surface area (Å²) in [5, 5.41) is 38.6. The van der Waals surface area contributed by atoms with Crippen LogP contribution in [0.3, 0.4) is 0 Å². The highest BCUT2D eigenvalue weighted by Gasteiger charge is 2.57. The standard InChI is InChI=1S/C25H24O8/c1-23(2)9-25(17-7-13(21(30)31)11(19(26)27)5-15(17)23)10-24(3,4)16-6-12(20(28)29)14(22(32)33)8-18(16)25/h5-8H,9-10H2,1-4H3,(H,26,27)(H,28,29)(H,30,31)(H,32,33). The molecule has 2 aliphatic rings. The molecule has 0 saturated carbocycles. The van der Waals surface area contributed by atoms with Crippen molar-refractivity contribution in [1.29, 1.82) is 0 Å². The number of carboxylic acids is 4. The van der Waals surface area contributed by atoms with Gasteiger partial charge in [0, 0.05) is 5.41 Å². The summed E-state index contributed by atoms with van der Waals surface area (Å²) >= 11 is 0. The van der Waals surface area contributed by atoms with E-state index in [1.165, 1.54) is 24.3 Å². The van der Waals surface area contributed by atoms with Crippen molar-refractivity contribution in [3.05, 3.63) is 68.8 Å². The topological polar surface area (TPSA) is 149 Å². The third-order valence-corrected chi connectivity index (χ3v) is 7.21. The minimum absolute atomic E-state index is 0.295. The Labute approximate surface area is 189 Å². The number of rotatable bonds is 4. The summed E-state index contributed by atoms with van der Waals surface area (Å²) in [5.74, 6) is -5.39. The Morgan fingerprint density at radius 1 is 0.545 bits per heavy atom. The Hall–Kier alpha value is -3.68. The molecule has 8 nitrogen and oxygen atoms in total. The number of aromatic carboxylic acids is 4. The van der Waals surface area contributed by atoms with Crippen LogP contribution in [0.5, 0.6) is 0 Å². The van der Waals surface area contributed by atoms with Crippen molar-refractivity contribution in [2.75, 3.05) is 0 Å². The van der Waals surface area contributed by atoms with E-state index in [0.29, 0.717) is 35.1 Å². The molecule has 0 radical (unpaired) electrons. The maximum absolute atomic E-state index is 11.9. The van der Waals surface area contributed by atoms with Crippen molar-refractivity contribution in [2.45, 2.75) is 56.8 Å². The Morgan fingerprint density at radius 2 is 0.788 bits per heavy atom. The van der Waals surface area contributed by atoms with E-state index in [1.807, 2.05) is 27.7 Å². The molecule has 0 fully saturated rings. The van der Waals surface area contributed by atoms with Crippen LogP contribution in [0, 0.1) is 0 Å². The van der Waals surface area contributed by atoms with Gasteiger partial charge in [0.05, 0.1) is 22.3 Å². The van der Waals surface area contributed by atoms with E-state index >= 15 is 0 Å². The second kappa shape index (κ2) is 6.66. The Morgan fingerprint density at radius 3 is 1.03 bits per heavy atom. The van der Waals surface area contributed by atoms with Gasteiger partial charge in [-0.15, -0.1) is 0 Å². The number of carboxylic acid groups (broad SMARTS) is 4. The maximum Gasteiger partial charge on any atom is 0.336 e. The van der Waals surface area contributed by atoms with Crippen molar-refractivity contribution in [1.82, 2.24) is 0 Å². The quantitative estimate of drug-likeness (QED) is 0.541. The molecule has 0 bridgehead atoms. The molecule has 0 atom stereocenters. The summed E-state index contributed by atoms with van der Waals surface area (Å²) in [5.41, 5.74) is -0.363. The molecule has 2 aliphatic carbocycles. The van der Waals surface area contributed by atoms with E-state index < -0.39 is 40.1 Å². The van der Waals surface area contributed by atoms with Crippen molar-refractivity contribution in [2.24, 2.45) is 0 Å². The molecule has 4 N–H and O–H groups in total. The van der Waals surface area contributed by atoms with Crippen LogP contribution in [0.4, 0.5) is 0 Å². The van der Waals surface area contributed by atoms with Crippen LogP contribution < -0.4 is 0 Å². The first-order valence-electron chi connectivity index (χ1n) is 10.4. The van der Waals surface area contributed by atoms with Crippen LogP contribution in [-0.2, 0) is 16.2 Å². The average Bonchev–Trinajstić information content (AvgIpc) is 3.05. The summed E-state index contributed by atoms with van der Waals surface area (Å²) in [6.45, 7) is 7.78. The van der Waals surface area contributed by atoms with Gasteiger partial charge in [-0.3, -0.25) is 0 Å². The van der Waals surface area contributed by atoms with E-state index in [-0.39, 0.29) is 22.3 Å². The van der Waals surface area contributed by atoms with Gasteiger partial charge in [0.15, 0.2) is 0 Å². The fraction of sp³-hybridized carbons (Fsp3) is 0.360. The Bertz CT molecular complexity index is 1180. The molecule has 2 aromatic rings. The summed E-state index contributed by atoms with van der Waals surface area (Å²) in [4.78, 5) is 47.4. The van der Waals surface area contributed by atoms with Gasteiger partial charge in [0.2, 0.25) is 0 Å². The van der Waals surface area contributed by atoms with Crippen LogP contribution in [0.15, 0.2) is 24.3 Å². The molecule has 4 rings (SSSR count). The molecule has 0 aromatic heterocycles. The summed E-state index contributed by atoms with van der Waals surface area (Å²) in [6, 6.07) is 5.66. The van der Waals surface area contributed by atoms with Crippen molar-refractivity contribution in [3.63, 3.8) is 0 Å². The molecule has 8 heteroatoms. The first-order valence-corrected chi connectivity index (χ1v) is 10.4. The van der Waals surface area contributed by atoms with Crippen LogP contribution in [-0.4, -0.2) is 44.3 Å². The molecule has 0 amide bonds. The van der Waals surface area contributed by atoms with Gasteiger partial charge >= 0.3 is 23.9 Å². The van der Waals surface area contributed by atoms with E-state index in [1.54, 1.807) is 0 Å². The second-order valence-corrected chi connectivity index (χ2v) is 10.3. The normalized spacial score (nSPS) is 18.5. The fourth-order valence-electron chi connectivity index (χ4n) is 6.11. The fourth-order valence-corrected chi connectivity index (χ4v) is 6.11. The Balaban J connectivity index is 2.11. The van der Waals surface area contributed by atoms with Gasteiger partial charge in [-0.1, -0.05) is 27.7 Å². The second-order valence-electron chi connectivity index (χ2n) is 10.3. The third kappa shape index (κ3) is 3.04. The summed E-state index contributed by atoms with van der Waals surface area (Å²) in [6.07, 6.45) is 0.999. The highest BCUT2D eigenvalue weighted by molar-refractivity contribution is 6.03. The number of hydrogen-bond donors (Lipinski definition) is 4. The first kappa shape index (κ1) is 22.5. The zero-order valence-corrected chi connectivity index (χ0v) is 18.6. The zero-order valence-electron chi connectivity index (χ0n) is 18.6. The van der Waals surface area contributed by atoms with Crippen molar-refractivity contribution in [3.8, 4) is 0 Å². The van der Waals surface area contributed by atoms with Crippen LogP contribution in [0.25, 0.3) is 0 Å². The lowest BCUT2D eigenvalue weighted by atomic mass is 9.72. The molecule has 172 valence electrons. The highest BCUT2D eigenvalue weighted by Crippen LogP contribution is 2.63. The predicted octanol–water partition coefficient (Wildman–Crippen LogP) is 4.13. The summed E-state index contributed by atoms with van der Waals surface area (Å²) < 4.78 is 0. The van der Waals surface area contributed by atoms with Crippen molar-refractivity contribution < 1.29 is 39.6 Å². The molecule has 0 saturated heterocycles. The van der Waals surface area contributed by atoms with Crippen LogP contribution in [0.2, 0.25) is 0 Å². The van der Waals surface area contributed by atoms with Gasteiger partial charge in [0.1, 0.15) is 0 Å². The third-order valence-electron chi connectivity index (χ3n) is 7.21. The average molecular weight is 452 g/mol. The van der Waals surface area contributed by atoms with E-state index in [4.69, 9.17) is 0 Å². The minimum atomic E-state index is -1.36. The van der Waals surface area contributed by atoms with Crippen LogP contribution >= 0.6 is 0 Å². The highest BCUT2D eigenvalue weighted by atomic mass is 16.4. The van der Waals surface area contributed by atoms with Gasteiger partial charge in [-0.2, -0.15) is 0 Å². The zero-order chi connectivity index (χ0) is 24.7. The smallest absolute Gasteiger partial charge is 0.336 e. The number of hydrogen-bond acceptors (Lipinski definition) is 4. The molecule has 0 heterocycles. The Kier molecular flexibility index (Phi) is 4.55. The predicted molar refractivity (Wildman–Crippen MR) is 117 cm³/mol. The monoisotopic (exact) mass is 452 g/mol. The minimum Gasteiger partial charge on any atom is -0.478 e. The number of carbonyl (C=O) groups is 4. The van der Waals surface area contributed by atoms with E-state index in [9.17, 15) is 39.6 Å². The number of fused-ring (bicyclic) bond motifs is 4. The molecule has 33 heavy (non-hydrogen) atoms. The number of benzene rings is 2. The molecule has 1 spiro atoms. The van der Waals surface area contributed by atoms with Gasteiger partial charge in [0.25, 0.3) is 0 Å². The molecular formula is C25H24O8. The maximum atomic E-state index is 11.9. The van der Waals surface area contributed by atoms with E-state index in [0.717, 1.165) is 0 Å².